The minimum absolute atomic E-state index is 0.159. The highest BCUT2D eigenvalue weighted by Crippen LogP contribution is 2.47. The number of carbonyl (C=O) groups excluding carboxylic acids is 1. The van der Waals surface area contributed by atoms with E-state index in [1.165, 1.54) is 11.6 Å². The molecule has 7 heteroatoms. The van der Waals surface area contributed by atoms with E-state index in [1.54, 1.807) is 6.07 Å². The van der Waals surface area contributed by atoms with Crippen molar-refractivity contribution in [1.82, 2.24) is 4.90 Å². The summed E-state index contributed by atoms with van der Waals surface area (Å²) in [6.45, 7) is 12.3. The summed E-state index contributed by atoms with van der Waals surface area (Å²) < 4.78 is 40.3. The standard InChI is InChI=1S/C32H42F3N3O/c1-6-19-36-22(2)24-12-10-23(11-13-24)16-20-38-29(39)28(25-8-7-9-27(21-25)32(33,34)35)37-31(38)17-14-26(15-18-31)30(3,4)5/h7-12,21,24,26H,6,13-20H2,1-5H3. The lowest BCUT2D eigenvalue weighted by Gasteiger charge is -2.45. The first-order valence-electron chi connectivity index (χ1n) is 14.3. The van der Waals surface area contributed by atoms with E-state index >= 15 is 0 Å². The van der Waals surface area contributed by atoms with Gasteiger partial charge in [0.25, 0.3) is 5.91 Å². The summed E-state index contributed by atoms with van der Waals surface area (Å²) >= 11 is 0. The Balaban J connectivity index is 1.55. The quantitative estimate of drug-likeness (QED) is 0.322. The first-order chi connectivity index (χ1) is 18.3. The summed E-state index contributed by atoms with van der Waals surface area (Å²) in [6, 6.07) is 5.03. The van der Waals surface area contributed by atoms with Gasteiger partial charge in [-0.05, 0) is 75.3 Å². The zero-order valence-corrected chi connectivity index (χ0v) is 23.9. The highest BCUT2D eigenvalue weighted by atomic mass is 19.4. The van der Waals surface area contributed by atoms with Gasteiger partial charge < -0.3 is 4.90 Å². The minimum Gasteiger partial charge on any atom is -0.312 e. The van der Waals surface area contributed by atoms with Crippen LogP contribution in [0.15, 0.2) is 58.1 Å². The van der Waals surface area contributed by atoms with Crippen LogP contribution in [0.1, 0.15) is 90.7 Å². The second-order valence-electron chi connectivity index (χ2n) is 12.4. The van der Waals surface area contributed by atoms with Crippen LogP contribution in [0, 0.1) is 17.3 Å². The van der Waals surface area contributed by atoms with Gasteiger partial charge in [-0.3, -0.25) is 14.8 Å². The molecule has 0 N–H and O–H groups in total. The molecular weight excluding hydrogens is 499 g/mol. The predicted octanol–water partition coefficient (Wildman–Crippen LogP) is 8.03. The van der Waals surface area contributed by atoms with Crippen molar-refractivity contribution in [3.8, 4) is 0 Å². The van der Waals surface area contributed by atoms with Crippen molar-refractivity contribution in [1.29, 1.82) is 0 Å². The molecule has 1 saturated carbocycles. The first kappa shape index (κ1) is 29.3. The van der Waals surface area contributed by atoms with Crippen LogP contribution in [0.3, 0.4) is 0 Å². The summed E-state index contributed by atoms with van der Waals surface area (Å²) in [4.78, 5) is 25.2. The Morgan fingerprint density at radius 2 is 1.90 bits per heavy atom. The molecule has 39 heavy (non-hydrogen) atoms. The topological polar surface area (TPSA) is 45.0 Å². The SMILES string of the molecule is CCCN=C(C)C1C=CC(CCN2C(=O)C(c3cccc(C(F)(F)F)c3)=NC23CCC(C(C)(C)C)CC3)=CC1. The molecule has 4 nitrogen and oxygen atoms in total. The highest BCUT2D eigenvalue weighted by Gasteiger charge is 2.50. The minimum atomic E-state index is -4.47. The zero-order valence-electron chi connectivity index (χ0n) is 23.9. The fraction of sp³-hybridized carbons (Fsp3) is 0.594. The van der Waals surface area contributed by atoms with Crippen molar-refractivity contribution in [2.75, 3.05) is 13.1 Å². The largest absolute Gasteiger partial charge is 0.416 e. The lowest BCUT2D eigenvalue weighted by atomic mass is 9.69. The Kier molecular flexibility index (Phi) is 8.58. The number of rotatable bonds is 7. The first-order valence-corrected chi connectivity index (χ1v) is 14.3. The van der Waals surface area contributed by atoms with E-state index < -0.39 is 17.4 Å². The third-order valence-electron chi connectivity index (χ3n) is 8.67. The van der Waals surface area contributed by atoms with Gasteiger partial charge in [0.2, 0.25) is 0 Å². The van der Waals surface area contributed by atoms with Gasteiger partial charge in [0.1, 0.15) is 11.4 Å². The third kappa shape index (κ3) is 6.55. The molecule has 1 aromatic carbocycles. The number of amides is 1. The fourth-order valence-corrected chi connectivity index (χ4v) is 6.11. The number of benzene rings is 1. The molecular formula is C32H42F3N3O. The van der Waals surface area contributed by atoms with Crippen molar-refractivity contribution >= 4 is 17.3 Å². The molecule has 1 unspecified atom stereocenters. The van der Waals surface area contributed by atoms with Crippen LogP contribution < -0.4 is 0 Å². The number of halogens is 3. The maximum absolute atomic E-state index is 13.8. The Labute approximate surface area is 231 Å². The number of alkyl halides is 3. The number of aliphatic imine (C=N–C) groups is 2. The van der Waals surface area contributed by atoms with Crippen molar-refractivity contribution in [3.63, 3.8) is 0 Å². The van der Waals surface area contributed by atoms with Gasteiger partial charge >= 0.3 is 6.18 Å². The fourth-order valence-electron chi connectivity index (χ4n) is 6.11. The van der Waals surface area contributed by atoms with Gasteiger partial charge in [-0.25, -0.2) is 0 Å². The van der Waals surface area contributed by atoms with Gasteiger partial charge in [0.15, 0.2) is 0 Å². The second kappa shape index (κ2) is 11.4. The maximum Gasteiger partial charge on any atom is 0.416 e. The number of carbonyl (C=O) groups is 1. The van der Waals surface area contributed by atoms with Crippen LogP contribution in [-0.4, -0.2) is 41.0 Å². The van der Waals surface area contributed by atoms with Gasteiger partial charge in [-0.2, -0.15) is 13.2 Å². The van der Waals surface area contributed by atoms with E-state index in [-0.39, 0.29) is 22.6 Å². The van der Waals surface area contributed by atoms with Crippen LogP contribution >= 0.6 is 0 Å². The monoisotopic (exact) mass is 541 g/mol. The smallest absolute Gasteiger partial charge is 0.312 e. The molecule has 1 aliphatic heterocycles. The average molecular weight is 542 g/mol. The lowest BCUT2D eigenvalue weighted by Crippen LogP contribution is -2.50. The number of allylic oxidation sites excluding steroid dienone is 3. The maximum atomic E-state index is 13.8. The van der Waals surface area contributed by atoms with E-state index in [2.05, 4.69) is 57.8 Å². The molecule has 0 saturated heterocycles. The van der Waals surface area contributed by atoms with E-state index in [1.807, 2.05) is 4.90 Å². The van der Waals surface area contributed by atoms with E-state index in [4.69, 9.17) is 4.99 Å². The van der Waals surface area contributed by atoms with Gasteiger partial charge in [0.05, 0.1) is 5.56 Å². The van der Waals surface area contributed by atoms with Crippen LogP contribution in [0.2, 0.25) is 0 Å². The summed E-state index contributed by atoms with van der Waals surface area (Å²) in [5, 5.41) is 0. The van der Waals surface area contributed by atoms with E-state index in [9.17, 15) is 18.0 Å². The average Bonchev–Trinajstić information content (AvgIpc) is 3.16. The normalized spacial score (nSPS) is 26.3. The molecule has 1 spiro atoms. The molecule has 1 amide bonds. The Morgan fingerprint density at radius 3 is 2.49 bits per heavy atom. The molecule has 4 rings (SSSR count). The van der Waals surface area contributed by atoms with Crippen LogP contribution in [-0.2, 0) is 11.0 Å². The molecule has 0 radical (unpaired) electrons. The summed E-state index contributed by atoms with van der Waals surface area (Å²) in [6.07, 6.45) is 8.04. The van der Waals surface area contributed by atoms with Gasteiger partial charge in [0, 0.05) is 30.3 Å². The molecule has 3 aliphatic rings. The summed E-state index contributed by atoms with van der Waals surface area (Å²) in [7, 11) is 0. The summed E-state index contributed by atoms with van der Waals surface area (Å²) in [5.74, 6) is 0.569. The molecule has 0 bridgehead atoms. The Bertz CT molecular complexity index is 1180. The molecule has 212 valence electrons. The molecule has 1 heterocycles. The lowest BCUT2D eigenvalue weighted by molar-refractivity contribution is -0.137. The van der Waals surface area contributed by atoms with Gasteiger partial charge in [-0.1, -0.05) is 63.6 Å². The third-order valence-corrected chi connectivity index (χ3v) is 8.67. The van der Waals surface area contributed by atoms with Crippen LogP contribution in [0.4, 0.5) is 13.2 Å². The number of nitrogens with zero attached hydrogens (tertiary/aromatic N) is 3. The van der Waals surface area contributed by atoms with E-state index in [0.29, 0.717) is 24.8 Å². The van der Waals surface area contributed by atoms with E-state index in [0.717, 1.165) is 62.9 Å². The molecule has 2 aliphatic carbocycles. The molecule has 1 fully saturated rings. The van der Waals surface area contributed by atoms with Crippen molar-refractivity contribution in [3.05, 3.63) is 59.2 Å². The Morgan fingerprint density at radius 1 is 1.18 bits per heavy atom. The van der Waals surface area contributed by atoms with Gasteiger partial charge in [-0.15, -0.1) is 0 Å². The highest BCUT2D eigenvalue weighted by molar-refractivity contribution is 6.46. The van der Waals surface area contributed by atoms with Crippen LogP contribution in [0.5, 0.6) is 0 Å². The van der Waals surface area contributed by atoms with Crippen molar-refractivity contribution in [2.45, 2.75) is 91.4 Å². The summed E-state index contributed by atoms with van der Waals surface area (Å²) in [5.41, 5.74) is 1.44. The van der Waals surface area contributed by atoms with Crippen LogP contribution in [0.25, 0.3) is 0 Å². The Hall–Kier alpha value is -2.70. The molecule has 1 aromatic rings. The number of hydrogen-bond donors (Lipinski definition) is 0. The predicted molar refractivity (Wildman–Crippen MR) is 152 cm³/mol. The zero-order chi connectivity index (χ0) is 28.4. The second-order valence-corrected chi connectivity index (χ2v) is 12.4. The number of hydrogen-bond acceptors (Lipinski definition) is 3. The molecule has 1 atom stereocenters. The molecule has 0 aromatic heterocycles. The van der Waals surface area contributed by atoms with Crippen molar-refractivity contribution in [2.24, 2.45) is 27.2 Å². The van der Waals surface area contributed by atoms with Crippen molar-refractivity contribution < 1.29 is 18.0 Å².